The van der Waals surface area contributed by atoms with Crippen molar-refractivity contribution in [2.75, 3.05) is 25.7 Å². The van der Waals surface area contributed by atoms with E-state index in [4.69, 9.17) is 15.2 Å². The number of amides is 1. The lowest BCUT2D eigenvalue weighted by Crippen LogP contribution is -2.40. The van der Waals surface area contributed by atoms with Crippen LogP contribution in [0.4, 0.5) is 0 Å². The van der Waals surface area contributed by atoms with Gasteiger partial charge in [0.05, 0.1) is 19.8 Å². The number of hydrogen-bond donors (Lipinski definition) is 2. The van der Waals surface area contributed by atoms with E-state index in [1.807, 2.05) is 31.4 Å². The Bertz CT molecular complexity index is 455. The van der Waals surface area contributed by atoms with Crippen LogP contribution in [-0.2, 0) is 11.3 Å². The van der Waals surface area contributed by atoms with E-state index in [1.165, 1.54) is 0 Å². The number of nitrogens with one attached hydrogen (secondary N) is 1. The lowest BCUT2D eigenvalue weighted by Gasteiger charge is -2.13. The molecule has 0 aliphatic heterocycles. The zero-order valence-corrected chi connectivity index (χ0v) is 13.7. The van der Waals surface area contributed by atoms with Crippen molar-refractivity contribution in [2.24, 2.45) is 5.73 Å². The van der Waals surface area contributed by atoms with Gasteiger partial charge in [0.25, 0.3) is 0 Å². The fourth-order valence-corrected chi connectivity index (χ4v) is 2.28. The molecule has 0 saturated heterocycles. The van der Waals surface area contributed by atoms with Crippen LogP contribution >= 0.6 is 11.8 Å². The Morgan fingerprint density at radius 1 is 1.43 bits per heavy atom. The molecule has 0 aromatic heterocycles. The molecule has 0 fully saturated rings. The van der Waals surface area contributed by atoms with Gasteiger partial charge in [-0.1, -0.05) is 6.07 Å². The number of carbonyl (C=O) groups excluding carboxylic acids is 1. The minimum Gasteiger partial charge on any atom is -0.493 e. The van der Waals surface area contributed by atoms with Crippen molar-refractivity contribution in [3.63, 3.8) is 0 Å². The van der Waals surface area contributed by atoms with Gasteiger partial charge in [0, 0.05) is 6.54 Å². The minimum atomic E-state index is -0.456. The number of methoxy groups -OCH3 is 1. The predicted molar refractivity (Wildman–Crippen MR) is 87.0 cm³/mol. The molecule has 1 amide bonds. The summed E-state index contributed by atoms with van der Waals surface area (Å²) >= 11 is 1.68. The molecule has 1 rings (SSSR count). The third kappa shape index (κ3) is 5.85. The second kappa shape index (κ2) is 9.52. The molecule has 0 unspecified atom stereocenters. The fraction of sp³-hybridized carbons (Fsp3) is 0.533. The van der Waals surface area contributed by atoms with Gasteiger partial charge in [-0.2, -0.15) is 11.8 Å². The monoisotopic (exact) mass is 312 g/mol. The van der Waals surface area contributed by atoms with E-state index < -0.39 is 6.04 Å². The number of thioether (sulfide) groups is 1. The number of rotatable bonds is 9. The van der Waals surface area contributed by atoms with Crippen LogP contribution in [0.1, 0.15) is 18.9 Å². The van der Waals surface area contributed by atoms with Gasteiger partial charge in [-0.05, 0) is 43.0 Å². The van der Waals surface area contributed by atoms with Crippen LogP contribution in [0, 0.1) is 0 Å². The van der Waals surface area contributed by atoms with Crippen molar-refractivity contribution in [1.29, 1.82) is 0 Å². The topological polar surface area (TPSA) is 73.6 Å². The Labute approximate surface area is 130 Å². The fourth-order valence-electron chi connectivity index (χ4n) is 1.79. The van der Waals surface area contributed by atoms with Crippen molar-refractivity contribution < 1.29 is 14.3 Å². The van der Waals surface area contributed by atoms with Crippen molar-refractivity contribution >= 4 is 17.7 Å². The Hall–Kier alpha value is -1.40. The van der Waals surface area contributed by atoms with Crippen molar-refractivity contribution in [3.05, 3.63) is 23.8 Å². The first-order valence-corrected chi connectivity index (χ1v) is 8.33. The summed E-state index contributed by atoms with van der Waals surface area (Å²) < 4.78 is 10.7. The first-order valence-electron chi connectivity index (χ1n) is 6.94. The van der Waals surface area contributed by atoms with Gasteiger partial charge < -0.3 is 20.5 Å². The van der Waals surface area contributed by atoms with Gasteiger partial charge in [0.15, 0.2) is 11.5 Å². The van der Waals surface area contributed by atoms with Crippen molar-refractivity contribution in [1.82, 2.24) is 5.32 Å². The van der Waals surface area contributed by atoms with E-state index in [2.05, 4.69) is 5.32 Å². The normalized spacial score (nSPS) is 11.8. The van der Waals surface area contributed by atoms with Crippen LogP contribution in [-0.4, -0.2) is 37.7 Å². The average molecular weight is 312 g/mol. The summed E-state index contributed by atoms with van der Waals surface area (Å²) in [5.41, 5.74) is 6.76. The second-order valence-corrected chi connectivity index (χ2v) is 5.51. The summed E-state index contributed by atoms with van der Waals surface area (Å²) in [6, 6.07) is 5.15. The van der Waals surface area contributed by atoms with Gasteiger partial charge in [0.2, 0.25) is 5.91 Å². The predicted octanol–water partition coefficient (Wildman–Crippen LogP) is 1.79. The average Bonchev–Trinajstić information content (AvgIpc) is 2.51. The first kappa shape index (κ1) is 17.7. The van der Waals surface area contributed by atoms with E-state index in [1.54, 1.807) is 18.9 Å². The van der Waals surface area contributed by atoms with Gasteiger partial charge in [-0.3, -0.25) is 4.79 Å². The molecule has 1 aromatic rings. The van der Waals surface area contributed by atoms with E-state index in [0.29, 0.717) is 31.1 Å². The van der Waals surface area contributed by atoms with Crippen LogP contribution in [0.5, 0.6) is 11.5 Å². The molecule has 3 N–H and O–H groups in total. The highest BCUT2D eigenvalue weighted by Crippen LogP contribution is 2.27. The SMILES string of the molecule is CCOc1ccc(CNC(=O)[C@@H](N)CCSC)cc1OC. The van der Waals surface area contributed by atoms with Crippen LogP contribution in [0.15, 0.2) is 18.2 Å². The lowest BCUT2D eigenvalue weighted by atomic mass is 10.2. The molecule has 0 radical (unpaired) electrons. The molecule has 0 saturated carbocycles. The van der Waals surface area contributed by atoms with Crippen molar-refractivity contribution in [2.45, 2.75) is 25.9 Å². The molecule has 21 heavy (non-hydrogen) atoms. The molecule has 0 heterocycles. The molecular weight excluding hydrogens is 288 g/mol. The third-order valence-electron chi connectivity index (χ3n) is 2.96. The van der Waals surface area contributed by atoms with Crippen LogP contribution < -0.4 is 20.5 Å². The molecule has 0 spiro atoms. The van der Waals surface area contributed by atoms with Gasteiger partial charge >= 0.3 is 0 Å². The minimum absolute atomic E-state index is 0.128. The third-order valence-corrected chi connectivity index (χ3v) is 3.61. The maximum absolute atomic E-state index is 11.8. The first-order chi connectivity index (χ1) is 10.1. The highest BCUT2D eigenvalue weighted by atomic mass is 32.2. The summed E-state index contributed by atoms with van der Waals surface area (Å²) in [4.78, 5) is 11.8. The number of hydrogen-bond acceptors (Lipinski definition) is 5. The van der Waals surface area contributed by atoms with Gasteiger partial charge in [-0.25, -0.2) is 0 Å². The Morgan fingerprint density at radius 3 is 2.81 bits per heavy atom. The van der Waals surface area contributed by atoms with Crippen LogP contribution in [0.2, 0.25) is 0 Å². The molecule has 0 aliphatic rings. The number of carbonyl (C=O) groups is 1. The molecule has 1 atom stereocenters. The van der Waals surface area contributed by atoms with E-state index in [0.717, 1.165) is 11.3 Å². The molecule has 1 aromatic carbocycles. The molecular formula is C15H24N2O3S. The number of nitrogens with two attached hydrogens (primary N) is 1. The summed E-state index contributed by atoms with van der Waals surface area (Å²) in [5.74, 6) is 2.12. The summed E-state index contributed by atoms with van der Waals surface area (Å²) in [5, 5.41) is 2.84. The zero-order valence-electron chi connectivity index (χ0n) is 12.8. The van der Waals surface area contributed by atoms with Crippen molar-refractivity contribution in [3.8, 4) is 11.5 Å². The standard InChI is InChI=1S/C15H24N2O3S/c1-4-20-13-6-5-11(9-14(13)19-2)10-17-15(18)12(16)7-8-21-3/h5-6,9,12H,4,7-8,10,16H2,1-3H3,(H,17,18)/t12-/m0/s1. The lowest BCUT2D eigenvalue weighted by molar-refractivity contribution is -0.122. The van der Waals surface area contributed by atoms with Crippen LogP contribution in [0.25, 0.3) is 0 Å². The highest BCUT2D eigenvalue weighted by Gasteiger charge is 2.13. The highest BCUT2D eigenvalue weighted by molar-refractivity contribution is 7.98. The van der Waals surface area contributed by atoms with Gasteiger partial charge in [-0.15, -0.1) is 0 Å². The molecule has 0 bridgehead atoms. The maximum atomic E-state index is 11.8. The second-order valence-electron chi connectivity index (χ2n) is 4.52. The quantitative estimate of drug-likeness (QED) is 0.727. The zero-order chi connectivity index (χ0) is 15.7. The summed E-state index contributed by atoms with van der Waals surface area (Å²) in [6.07, 6.45) is 2.68. The number of benzene rings is 1. The smallest absolute Gasteiger partial charge is 0.237 e. The molecule has 6 heteroatoms. The Morgan fingerprint density at radius 2 is 2.19 bits per heavy atom. The Balaban J connectivity index is 2.57. The van der Waals surface area contributed by atoms with E-state index in [-0.39, 0.29) is 5.91 Å². The Kier molecular flexibility index (Phi) is 8.00. The van der Waals surface area contributed by atoms with Crippen LogP contribution in [0.3, 0.4) is 0 Å². The maximum Gasteiger partial charge on any atom is 0.237 e. The summed E-state index contributed by atoms with van der Waals surface area (Å²) in [7, 11) is 1.60. The van der Waals surface area contributed by atoms with E-state index in [9.17, 15) is 4.79 Å². The number of ether oxygens (including phenoxy) is 2. The molecule has 118 valence electrons. The van der Waals surface area contributed by atoms with Gasteiger partial charge in [0.1, 0.15) is 0 Å². The summed E-state index contributed by atoms with van der Waals surface area (Å²) in [6.45, 7) is 2.93. The molecule has 0 aliphatic carbocycles. The van der Waals surface area contributed by atoms with E-state index >= 15 is 0 Å². The molecule has 5 nitrogen and oxygen atoms in total. The largest absolute Gasteiger partial charge is 0.493 e.